The lowest BCUT2D eigenvalue weighted by Crippen LogP contribution is -2.37. The van der Waals surface area contributed by atoms with Crippen molar-refractivity contribution >= 4 is 17.0 Å². The van der Waals surface area contributed by atoms with E-state index in [0.29, 0.717) is 47.2 Å². The molecule has 1 N–H and O–H groups in total. The number of carbonyl (C=O) groups is 1. The Hall–Kier alpha value is -4.97. The van der Waals surface area contributed by atoms with E-state index in [0.717, 1.165) is 56.0 Å². The number of pyridine rings is 1. The van der Waals surface area contributed by atoms with Gasteiger partial charge in [-0.1, -0.05) is 12.1 Å². The van der Waals surface area contributed by atoms with Gasteiger partial charge >= 0.3 is 5.97 Å². The molecule has 3 fully saturated rings. The molecule has 0 radical (unpaired) electrons. The third-order valence-corrected chi connectivity index (χ3v) is 9.46. The zero-order valence-electron chi connectivity index (χ0n) is 24.9. The van der Waals surface area contributed by atoms with Gasteiger partial charge < -0.3 is 23.9 Å². The largest absolute Gasteiger partial charge is 0.496 e. The van der Waals surface area contributed by atoms with E-state index in [9.17, 15) is 20.4 Å². The molecule has 4 aromatic rings. The lowest BCUT2D eigenvalue weighted by molar-refractivity contribution is -0.0592. The predicted molar refractivity (Wildman–Crippen MR) is 162 cm³/mol. The molecule has 2 aromatic heterocycles. The summed E-state index contributed by atoms with van der Waals surface area (Å²) in [6.07, 6.45) is 3.00. The molecule has 1 aliphatic carbocycles. The van der Waals surface area contributed by atoms with Gasteiger partial charge in [0.1, 0.15) is 29.8 Å². The molecule has 7 rings (SSSR count). The smallest absolute Gasteiger partial charge is 0.335 e. The van der Waals surface area contributed by atoms with Crippen molar-refractivity contribution in [1.82, 2.24) is 19.4 Å². The Balaban J connectivity index is 1.06. The van der Waals surface area contributed by atoms with Crippen molar-refractivity contribution in [3.05, 3.63) is 82.3 Å². The number of carboxylic acid groups (broad SMARTS) is 1. The third kappa shape index (κ3) is 5.35. The van der Waals surface area contributed by atoms with Crippen LogP contribution in [0.1, 0.15) is 57.8 Å². The van der Waals surface area contributed by atoms with Gasteiger partial charge in [0.15, 0.2) is 0 Å². The number of benzene rings is 2. The van der Waals surface area contributed by atoms with Crippen LogP contribution in [0.4, 0.5) is 0 Å². The van der Waals surface area contributed by atoms with Crippen molar-refractivity contribution in [2.24, 2.45) is 5.92 Å². The minimum absolute atomic E-state index is 0.0201. The number of carboxylic acids is 1. The number of nitriles is 2. The molecule has 0 bridgehead atoms. The predicted octanol–water partition coefficient (Wildman–Crippen LogP) is 4.41. The van der Waals surface area contributed by atoms with Gasteiger partial charge in [-0.15, -0.1) is 0 Å². The standard InChI is InChI=1S/C34H32N6O5/c1-43-28-11-21(15-35)5-6-22(28)20-45-31-4-2-3-29(37-31)34-8-9-39(17-25(34)14-34)19-30-38-32-24(16-36)12-23(33(41)42)13-27(32)40(30)18-26-7-10-44-26/h2-6,11-13,25-26H,7-10,14,17-20H2,1H3,(H,41,42). The second kappa shape index (κ2) is 11.5. The molecule has 11 nitrogen and oxygen atoms in total. The molecule has 0 spiro atoms. The summed E-state index contributed by atoms with van der Waals surface area (Å²) in [4.78, 5) is 24.0. The fourth-order valence-corrected chi connectivity index (χ4v) is 6.77. The molecule has 1 saturated carbocycles. The lowest BCUT2D eigenvalue weighted by atomic mass is 9.91. The van der Waals surface area contributed by atoms with E-state index in [2.05, 4.69) is 23.1 Å². The summed E-state index contributed by atoms with van der Waals surface area (Å²) in [5.74, 6) is 1.37. The molecule has 11 heteroatoms. The van der Waals surface area contributed by atoms with Crippen LogP contribution in [0.25, 0.3) is 11.0 Å². The van der Waals surface area contributed by atoms with Crippen molar-refractivity contribution < 1.29 is 24.1 Å². The van der Waals surface area contributed by atoms with Crippen molar-refractivity contribution in [3.8, 4) is 23.8 Å². The van der Waals surface area contributed by atoms with Crippen LogP contribution in [0.3, 0.4) is 0 Å². The Labute approximate surface area is 260 Å². The van der Waals surface area contributed by atoms with Gasteiger partial charge in [0.2, 0.25) is 5.88 Å². The van der Waals surface area contributed by atoms with E-state index < -0.39 is 5.97 Å². The SMILES string of the molecule is COc1cc(C#N)ccc1COc1cccc(C23CCN(Cc4nc5c(C#N)cc(C(=O)O)cc5n4CC4CCO4)CC2C3)n1. The second-order valence-corrected chi connectivity index (χ2v) is 12.1. The Morgan fingerprint density at radius 2 is 2.04 bits per heavy atom. The highest BCUT2D eigenvalue weighted by Gasteiger charge is 2.58. The number of hydrogen-bond acceptors (Lipinski definition) is 9. The number of aromatic carboxylic acids is 1. The first-order chi connectivity index (χ1) is 21.9. The fraction of sp³-hybridized carbons (Fsp3) is 0.382. The second-order valence-electron chi connectivity index (χ2n) is 12.1. The van der Waals surface area contributed by atoms with Crippen molar-refractivity contribution in [2.45, 2.75) is 50.5 Å². The van der Waals surface area contributed by atoms with E-state index in [1.54, 1.807) is 25.3 Å². The van der Waals surface area contributed by atoms with Gasteiger partial charge in [-0.3, -0.25) is 4.90 Å². The first-order valence-electron chi connectivity index (χ1n) is 15.1. The third-order valence-electron chi connectivity index (χ3n) is 9.46. The monoisotopic (exact) mass is 604 g/mol. The molecule has 4 heterocycles. The molecule has 3 aliphatic rings. The number of piperidine rings is 1. The van der Waals surface area contributed by atoms with Crippen LogP contribution in [0, 0.1) is 28.6 Å². The summed E-state index contributed by atoms with van der Waals surface area (Å²) in [6, 6.07) is 18.5. The Morgan fingerprint density at radius 1 is 1.18 bits per heavy atom. The van der Waals surface area contributed by atoms with Crippen LogP contribution in [0.5, 0.6) is 11.6 Å². The maximum absolute atomic E-state index is 11.8. The van der Waals surface area contributed by atoms with E-state index in [1.165, 1.54) is 6.07 Å². The molecular weight excluding hydrogens is 572 g/mol. The molecule has 3 atom stereocenters. The number of aromatic nitrogens is 3. The van der Waals surface area contributed by atoms with Crippen LogP contribution >= 0.6 is 0 Å². The first kappa shape index (κ1) is 28.8. The van der Waals surface area contributed by atoms with Crippen LogP contribution in [-0.4, -0.2) is 63.4 Å². The highest BCUT2D eigenvalue weighted by molar-refractivity contribution is 5.95. The van der Waals surface area contributed by atoms with Crippen molar-refractivity contribution in [2.75, 3.05) is 26.8 Å². The minimum atomic E-state index is -1.07. The maximum Gasteiger partial charge on any atom is 0.335 e. The Kier molecular flexibility index (Phi) is 7.36. The van der Waals surface area contributed by atoms with E-state index in [-0.39, 0.29) is 29.3 Å². The number of hydrogen-bond donors (Lipinski definition) is 1. The molecule has 0 amide bonds. The Bertz CT molecular complexity index is 1890. The van der Waals surface area contributed by atoms with Crippen molar-refractivity contribution in [1.29, 1.82) is 10.5 Å². The summed E-state index contributed by atoms with van der Waals surface area (Å²) in [7, 11) is 1.58. The minimum Gasteiger partial charge on any atom is -0.496 e. The molecule has 45 heavy (non-hydrogen) atoms. The van der Waals surface area contributed by atoms with E-state index in [4.69, 9.17) is 24.2 Å². The number of ether oxygens (including phenoxy) is 3. The number of imidazole rings is 1. The Morgan fingerprint density at radius 3 is 2.76 bits per heavy atom. The van der Waals surface area contributed by atoms with Gasteiger partial charge in [-0.2, -0.15) is 10.5 Å². The lowest BCUT2D eigenvalue weighted by Gasteiger charge is -2.32. The first-order valence-corrected chi connectivity index (χ1v) is 15.1. The van der Waals surface area contributed by atoms with Crippen LogP contribution < -0.4 is 9.47 Å². The summed E-state index contributed by atoms with van der Waals surface area (Å²) < 4.78 is 19.3. The number of nitrogens with zero attached hydrogens (tertiary/aromatic N) is 6. The molecular formula is C34H32N6O5. The molecule has 2 aliphatic heterocycles. The van der Waals surface area contributed by atoms with E-state index in [1.807, 2.05) is 22.8 Å². The fourth-order valence-electron chi connectivity index (χ4n) is 6.77. The average Bonchev–Trinajstić information content (AvgIpc) is 3.68. The average molecular weight is 605 g/mol. The normalized spacial score (nSPS) is 22.1. The molecule has 2 aromatic carbocycles. The summed E-state index contributed by atoms with van der Waals surface area (Å²) in [5.41, 5.74) is 3.99. The number of rotatable bonds is 10. The number of methoxy groups -OCH3 is 1. The molecule has 3 unspecified atom stereocenters. The molecule has 228 valence electrons. The summed E-state index contributed by atoms with van der Waals surface area (Å²) in [6.45, 7) is 3.93. The zero-order chi connectivity index (χ0) is 31.1. The highest BCUT2D eigenvalue weighted by atomic mass is 16.5. The van der Waals surface area contributed by atoms with Crippen LogP contribution in [-0.2, 0) is 29.8 Å². The van der Waals surface area contributed by atoms with Crippen molar-refractivity contribution in [3.63, 3.8) is 0 Å². The topological polar surface area (TPSA) is 147 Å². The number of likely N-dealkylation sites (tertiary alicyclic amines) is 1. The number of fused-ring (bicyclic) bond motifs is 2. The quantitative estimate of drug-likeness (QED) is 0.276. The van der Waals surface area contributed by atoms with E-state index >= 15 is 0 Å². The highest BCUT2D eigenvalue weighted by Crippen LogP contribution is 2.59. The van der Waals surface area contributed by atoms with Crippen LogP contribution in [0.2, 0.25) is 0 Å². The van der Waals surface area contributed by atoms with Crippen LogP contribution in [0.15, 0.2) is 48.5 Å². The van der Waals surface area contributed by atoms with Gasteiger partial charge in [-0.25, -0.2) is 14.8 Å². The van der Waals surface area contributed by atoms with Gasteiger partial charge in [0.25, 0.3) is 0 Å². The summed E-state index contributed by atoms with van der Waals surface area (Å²) >= 11 is 0. The zero-order valence-corrected chi connectivity index (χ0v) is 24.9. The summed E-state index contributed by atoms with van der Waals surface area (Å²) in [5, 5.41) is 28.6. The molecule has 2 saturated heterocycles. The van der Waals surface area contributed by atoms with Gasteiger partial charge in [0.05, 0.1) is 60.3 Å². The van der Waals surface area contributed by atoms with Gasteiger partial charge in [0, 0.05) is 30.2 Å². The van der Waals surface area contributed by atoms with Gasteiger partial charge in [-0.05, 0) is 62.1 Å². The maximum atomic E-state index is 11.8.